The van der Waals surface area contributed by atoms with Crippen LogP contribution in [0.5, 0.6) is 5.75 Å². The second-order valence-corrected chi connectivity index (χ2v) is 10.9. The molecule has 0 spiro atoms. The summed E-state index contributed by atoms with van der Waals surface area (Å²) in [6.45, 7) is 8.76. The predicted molar refractivity (Wildman–Crippen MR) is 94.5 cm³/mol. The van der Waals surface area contributed by atoms with Crippen LogP contribution in [0.25, 0.3) is 0 Å². The first-order valence-corrected chi connectivity index (χ1v) is 11.2. The van der Waals surface area contributed by atoms with Crippen molar-refractivity contribution in [2.45, 2.75) is 57.7 Å². The average molecular weight is 339 g/mol. The molecule has 0 unspecified atom stereocenters. The maximum atomic E-state index is 6.55. The molecule has 1 aliphatic rings. The smallest absolute Gasteiger partial charge is 0.192 e. The zero-order valence-electron chi connectivity index (χ0n) is 14.8. The van der Waals surface area contributed by atoms with Gasteiger partial charge in [-0.25, -0.2) is 0 Å². The van der Waals surface area contributed by atoms with Crippen LogP contribution in [0.15, 0.2) is 24.3 Å². The van der Waals surface area contributed by atoms with Crippen molar-refractivity contribution < 1.29 is 18.6 Å². The average Bonchev–Trinajstić information content (AvgIpc) is 3.44. The van der Waals surface area contributed by atoms with Gasteiger partial charge in [0, 0.05) is 0 Å². The highest BCUT2D eigenvalue weighted by atomic mass is 28.4. The van der Waals surface area contributed by atoms with Gasteiger partial charge in [0.1, 0.15) is 11.9 Å². The molecule has 0 aromatic heterocycles. The van der Waals surface area contributed by atoms with Crippen molar-refractivity contribution in [2.24, 2.45) is 0 Å². The fraction of sp³-hybridized carbons (Fsp3) is 0.667. The van der Waals surface area contributed by atoms with E-state index in [0.29, 0.717) is 13.2 Å². The Bertz CT molecular complexity index is 446. The van der Waals surface area contributed by atoms with Crippen LogP contribution in [0.1, 0.15) is 26.3 Å². The van der Waals surface area contributed by atoms with Gasteiger partial charge in [-0.2, -0.15) is 0 Å². The first kappa shape index (κ1) is 18.5. The molecule has 130 valence electrons. The van der Waals surface area contributed by atoms with E-state index in [9.17, 15) is 0 Å². The van der Waals surface area contributed by atoms with Crippen LogP contribution in [-0.4, -0.2) is 40.8 Å². The lowest BCUT2D eigenvalue weighted by Gasteiger charge is -2.32. The second kappa shape index (κ2) is 8.83. The SMILES string of the molecule is CC[Si](CC)(CC)O[C@H](COCc1ccc(OC)cc1)[C@H]1CO1. The van der Waals surface area contributed by atoms with Crippen molar-refractivity contribution in [3.05, 3.63) is 29.8 Å². The molecule has 0 radical (unpaired) electrons. The molecule has 1 aliphatic heterocycles. The normalized spacial score (nSPS) is 18.7. The molecule has 4 nitrogen and oxygen atoms in total. The van der Waals surface area contributed by atoms with Crippen molar-refractivity contribution in [3.8, 4) is 5.75 Å². The Morgan fingerprint density at radius 3 is 2.22 bits per heavy atom. The van der Waals surface area contributed by atoms with Gasteiger partial charge in [0.2, 0.25) is 0 Å². The third-order valence-electron chi connectivity index (χ3n) is 4.82. The summed E-state index contributed by atoms with van der Waals surface area (Å²) in [6, 6.07) is 11.4. The Morgan fingerprint density at radius 1 is 1.13 bits per heavy atom. The molecule has 0 amide bonds. The lowest BCUT2D eigenvalue weighted by atomic mass is 10.2. The highest BCUT2D eigenvalue weighted by Gasteiger charge is 2.40. The largest absolute Gasteiger partial charge is 0.497 e. The molecule has 1 aromatic carbocycles. The number of ether oxygens (including phenoxy) is 3. The molecule has 2 rings (SSSR count). The van der Waals surface area contributed by atoms with E-state index >= 15 is 0 Å². The van der Waals surface area contributed by atoms with Crippen molar-refractivity contribution in [1.82, 2.24) is 0 Å². The van der Waals surface area contributed by atoms with E-state index in [-0.39, 0.29) is 12.2 Å². The van der Waals surface area contributed by atoms with Crippen LogP contribution in [0.3, 0.4) is 0 Å². The van der Waals surface area contributed by atoms with Gasteiger partial charge in [-0.05, 0) is 35.8 Å². The summed E-state index contributed by atoms with van der Waals surface area (Å²) >= 11 is 0. The zero-order valence-corrected chi connectivity index (χ0v) is 15.8. The molecule has 23 heavy (non-hydrogen) atoms. The highest BCUT2D eigenvalue weighted by Crippen LogP contribution is 2.28. The monoisotopic (exact) mass is 338 g/mol. The Labute approximate surface area is 141 Å². The van der Waals surface area contributed by atoms with Gasteiger partial charge in [-0.15, -0.1) is 0 Å². The van der Waals surface area contributed by atoms with E-state index in [0.717, 1.165) is 36.1 Å². The fourth-order valence-corrected chi connectivity index (χ4v) is 5.69. The molecular formula is C18H30O4Si. The molecule has 0 bridgehead atoms. The molecule has 1 saturated heterocycles. The minimum Gasteiger partial charge on any atom is -0.497 e. The number of epoxide rings is 1. The van der Waals surface area contributed by atoms with Crippen LogP contribution < -0.4 is 4.74 Å². The van der Waals surface area contributed by atoms with Crippen molar-refractivity contribution in [1.29, 1.82) is 0 Å². The number of hydrogen-bond acceptors (Lipinski definition) is 4. The molecular weight excluding hydrogens is 308 g/mol. The summed E-state index contributed by atoms with van der Waals surface area (Å²) in [5.41, 5.74) is 1.14. The Balaban J connectivity index is 1.85. The van der Waals surface area contributed by atoms with Gasteiger partial charge >= 0.3 is 0 Å². The van der Waals surface area contributed by atoms with E-state index in [1.165, 1.54) is 0 Å². The predicted octanol–water partition coefficient (Wildman–Crippen LogP) is 4.00. The van der Waals surface area contributed by atoms with Gasteiger partial charge in [-0.3, -0.25) is 0 Å². The van der Waals surface area contributed by atoms with E-state index in [1.807, 2.05) is 24.3 Å². The van der Waals surface area contributed by atoms with Gasteiger partial charge in [0.05, 0.1) is 33.0 Å². The molecule has 2 atom stereocenters. The number of hydrogen-bond donors (Lipinski definition) is 0. The summed E-state index contributed by atoms with van der Waals surface area (Å²) in [4.78, 5) is 0. The second-order valence-electron chi connectivity index (χ2n) is 6.13. The van der Waals surface area contributed by atoms with Crippen LogP contribution >= 0.6 is 0 Å². The maximum Gasteiger partial charge on any atom is 0.192 e. The van der Waals surface area contributed by atoms with Crippen LogP contribution in [0, 0.1) is 0 Å². The zero-order chi connectivity index (χ0) is 16.7. The topological polar surface area (TPSA) is 40.2 Å². The van der Waals surface area contributed by atoms with E-state index < -0.39 is 8.32 Å². The molecule has 0 N–H and O–H groups in total. The maximum absolute atomic E-state index is 6.55. The molecule has 0 saturated carbocycles. The van der Waals surface area contributed by atoms with Crippen molar-refractivity contribution in [2.75, 3.05) is 20.3 Å². The minimum absolute atomic E-state index is 0.0831. The molecule has 1 aromatic rings. The number of methoxy groups -OCH3 is 1. The van der Waals surface area contributed by atoms with E-state index in [4.69, 9.17) is 18.6 Å². The Hall–Kier alpha value is -0.883. The summed E-state index contributed by atoms with van der Waals surface area (Å²) in [5.74, 6) is 0.867. The van der Waals surface area contributed by atoms with Crippen LogP contribution in [0.4, 0.5) is 0 Å². The number of rotatable bonds is 11. The standard InChI is InChI=1S/C18H30O4Si/c1-5-23(6-2,7-3)22-18(17-14-21-17)13-20-12-15-8-10-16(19-4)11-9-15/h8-11,17-18H,5-7,12-14H2,1-4H3/t17-,18-/m1/s1. The van der Waals surface area contributed by atoms with Gasteiger partial charge < -0.3 is 18.6 Å². The van der Waals surface area contributed by atoms with Gasteiger partial charge in [0.25, 0.3) is 0 Å². The van der Waals surface area contributed by atoms with E-state index in [2.05, 4.69) is 20.8 Å². The minimum atomic E-state index is -1.62. The van der Waals surface area contributed by atoms with Crippen LogP contribution in [0.2, 0.25) is 18.1 Å². The lowest BCUT2D eigenvalue weighted by molar-refractivity contribution is 0.0222. The van der Waals surface area contributed by atoms with Crippen LogP contribution in [-0.2, 0) is 20.5 Å². The number of benzene rings is 1. The third-order valence-corrected chi connectivity index (χ3v) is 9.49. The first-order valence-electron chi connectivity index (χ1n) is 8.66. The summed E-state index contributed by atoms with van der Waals surface area (Å²) in [7, 11) is 0.0536. The summed E-state index contributed by atoms with van der Waals surface area (Å²) in [6.07, 6.45) is 0.308. The van der Waals surface area contributed by atoms with Gasteiger partial charge in [0.15, 0.2) is 8.32 Å². The summed E-state index contributed by atoms with van der Waals surface area (Å²) in [5, 5.41) is 0. The molecule has 0 aliphatic carbocycles. The Morgan fingerprint density at radius 2 is 1.74 bits per heavy atom. The molecule has 1 heterocycles. The first-order chi connectivity index (χ1) is 11.2. The van der Waals surface area contributed by atoms with Gasteiger partial charge in [-0.1, -0.05) is 32.9 Å². The fourth-order valence-electron chi connectivity index (χ4n) is 2.82. The third kappa shape index (κ3) is 5.31. The van der Waals surface area contributed by atoms with Crippen molar-refractivity contribution in [3.63, 3.8) is 0 Å². The summed E-state index contributed by atoms with van der Waals surface area (Å²) < 4.78 is 23.1. The molecule has 5 heteroatoms. The molecule has 1 fully saturated rings. The lowest BCUT2D eigenvalue weighted by Crippen LogP contribution is -2.43. The van der Waals surface area contributed by atoms with E-state index in [1.54, 1.807) is 7.11 Å². The highest BCUT2D eigenvalue weighted by molar-refractivity contribution is 6.73. The Kier molecular flexibility index (Phi) is 7.08. The quantitative estimate of drug-likeness (QED) is 0.452. The van der Waals surface area contributed by atoms with Crippen molar-refractivity contribution >= 4 is 8.32 Å².